The maximum Gasteiger partial charge on any atom is 0.255 e. The topological polar surface area (TPSA) is 75.2 Å². The Balaban J connectivity index is 1.26. The number of morpholine rings is 2. The van der Waals surface area contributed by atoms with Crippen molar-refractivity contribution in [2.75, 3.05) is 72.2 Å². The Hall–Kier alpha value is -2.03. The van der Waals surface area contributed by atoms with Crippen molar-refractivity contribution in [3.05, 3.63) is 29.6 Å². The minimum Gasteiger partial charge on any atom is -0.379 e. The lowest BCUT2D eigenvalue weighted by Crippen LogP contribution is -2.46. The van der Waals surface area contributed by atoms with Crippen molar-refractivity contribution in [1.29, 1.82) is 0 Å². The Bertz CT molecular complexity index is 736. The van der Waals surface area contributed by atoms with E-state index in [0.717, 1.165) is 64.5 Å². The van der Waals surface area contributed by atoms with Crippen LogP contribution in [0, 0.1) is 5.92 Å². The van der Waals surface area contributed by atoms with E-state index in [1.165, 1.54) is 0 Å². The van der Waals surface area contributed by atoms with Crippen molar-refractivity contribution in [2.24, 2.45) is 5.92 Å². The van der Waals surface area contributed by atoms with Gasteiger partial charge < -0.3 is 19.3 Å². The highest BCUT2D eigenvalue weighted by molar-refractivity contribution is 5.94. The molecule has 170 valence electrons. The summed E-state index contributed by atoms with van der Waals surface area (Å²) in [6.07, 6.45) is 3.54. The molecule has 1 unspecified atom stereocenters. The molecule has 1 aromatic rings. The molecule has 0 radical (unpaired) electrons. The Morgan fingerprint density at radius 3 is 2.23 bits per heavy atom. The van der Waals surface area contributed by atoms with Crippen LogP contribution in [0.3, 0.4) is 0 Å². The number of amides is 2. The molecular weight excluding hydrogens is 396 g/mol. The van der Waals surface area contributed by atoms with Gasteiger partial charge in [0.05, 0.1) is 32.0 Å². The van der Waals surface area contributed by atoms with E-state index in [1.807, 2.05) is 28.9 Å². The maximum absolute atomic E-state index is 12.9. The van der Waals surface area contributed by atoms with E-state index in [1.54, 1.807) is 6.20 Å². The Morgan fingerprint density at radius 2 is 1.61 bits per heavy atom. The zero-order chi connectivity index (χ0) is 21.6. The predicted molar refractivity (Wildman–Crippen MR) is 116 cm³/mol. The second kappa shape index (κ2) is 10.5. The van der Waals surface area contributed by atoms with Crippen LogP contribution in [0.1, 0.15) is 41.7 Å². The van der Waals surface area contributed by atoms with Crippen LogP contribution in [0.2, 0.25) is 0 Å². The zero-order valence-corrected chi connectivity index (χ0v) is 18.5. The summed E-state index contributed by atoms with van der Waals surface area (Å²) in [6.45, 7) is 10.2. The minimum absolute atomic E-state index is 0.0123. The first-order valence-corrected chi connectivity index (χ1v) is 11.5. The molecule has 0 aliphatic carbocycles. The summed E-state index contributed by atoms with van der Waals surface area (Å²) < 4.78 is 10.7. The number of nitrogens with zero attached hydrogens (tertiary/aromatic N) is 4. The van der Waals surface area contributed by atoms with Crippen molar-refractivity contribution in [3.8, 4) is 0 Å². The monoisotopic (exact) mass is 430 g/mol. The number of ether oxygens (including phenoxy) is 2. The highest BCUT2D eigenvalue weighted by Crippen LogP contribution is 2.27. The minimum atomic E-state index is 0.0123. The molecule has 0 spiro atoms. The smallest absolute Gasteiger partial charge is 0.255 e. The Kier molecular flexibility index (Phi) is 7.53. The van der Waals surface area contributed by atoms with Crippen LogP contribution < -0.4 is 0 Å². The molecule has 4 rings (SSSR count). The highest BCUT2D eigenvalue weighted by Gasteiger charge is 2.29. The molecule has 8 nitrogen and oxygen atoms in total. The van der Waals surface area contributed by atoms with Crippen LogP contribution in [0.15, 0.2) is 18.3 Å². The van der Waals surface area contributed by atoms with Gasteiger partial charge in [-0.15, -0.1) is 0 Å². The van der Waals surface area contributed by atoms with E-state index in [9.17, 15) is 9.59 Å². The van der Waals surface area contributed by atoms with Crippen molar-refractivity contribution < 1.29 is 19.1 Å². The van der Waals surface area contributed by atoms with Gasteiger partial charge in [0.25, 0.3) is 5.91 Å². The van der Waals surface area contributed by atoms with Crippen LogP contribution in [0.5, 0.6) is 0 Å². The quantitative estimate of drug-likeness (QED) is 0.700. The van der Waals surface area contributed by atoms with Gasteiger partial charge in [-0.05, 0) is 25.0 Å². The van der Waals surface area contributed by atoms with Gasteiger partial charge in [0.15, 0.2) is 0 Å². The van der Waals surface area contributed by atoms with Crippen molar-refractivity contribution in [3.63, 3.8) is 0 Å². The Labute approximate surface area is 184 Å². The fourth-order valence-electron chi connectivity index (χ4n) is 4.68. The summed E-state index contributed by atoms with van der Waals surface area (Å²) in [5.41, 5.74) is 1.65. The molecule has 4 heterocycles. The molecule has 0 bridgehead atoms. The molecule has 3 saturated heterocycles. The summed E-state index contributed by atoms with van der Waals surface area (Å²) in [7, 11) is 0. The highest BCUT2D eigenvalue weighted by atomic mass is 16.5. The van der Waals surface area contributed by atoms with E-state index in [4.69, 9.17) is 9.47 Å². The third-order valence-electron chi connectivity index (χ3n) is 6.61. The molecule has 3 fully saturated rings. The van der Waals surface area contributed by atoms with E-state index in [0.29, 0.717) is 37.8 Å². The molecule has 2 amide bonds. The van der Waals surface area contributed by atoms with E-state index < -0.39 is 0 Å². The van der Waals surface area contributed by atoms with Crippen molar-refractivity contribution in [1.82, 2.24) is 19.7 Å². The molecule has 0 saturated carbocycles. The summed E-state index contributed by atoms with van der Waals surface area (Å²) in [5.74, 6) is 0.630. The molecule has 8 heteroatoms. The normalized spacial score (nSPS) is 22.4. The fraction of sp³-hybridized carbons (Fsp3) is 0.696. The van der Waals surface area contributed by atoms with Crippen LogP contribution in [-0.4, -0.2) is 104 Å². The number of carbonyl (C=O) groups is 2. The first kappa shape index (κ1) is 22.2. The largest absolute Gasteiger partial charge is 0.379 e. The summed E-state index contributed by atoms with van der Waals surface area (Å²) in [6, 6.07) is 3.87. The van der Waals surface area contributed by atoms with Crippen molar-refractivity contribution >= 4 is 11.8 Å². The molecular formula is C23H34N4O4. The number of hydrogen-bond donors (Lipinski definition) is 0. The Morgan fingerprint density at radius 1 is 0.968 bits per heavy atom. The van der Waals surface area contributed by atoms with Gasteiger partial charge in [0.2, 0.25) is 5.91 Å². The maximum atomic E-state index is 12.9. The van der Waals surface area contributed by atoms with Crippen LogP contribution in [0.4, 0.5) is 0 Å². The van der Waals surface area contributed by atoms with Crippen molar-refractivity contribution in [2.45, 2.75) is 25.7 Å². The average Bonchev–Trinajstić information content (AvgIpc) is 2.84. The van der Waals surface area contributed by atoms with Gasteiger partial charge in [-0.3, -0.25) is 19.5 Å². The SMILES string of the molecule is CC(CN1CCOCC1)C(=O)N1CCC(c2ccc(C(=O)N3CCOCC3)cn2)CC1. The molecule has 1 aromatic heterocycles. The first-order valence-electron chi connectivity index (χ1n) is 11.5. The predicted octanol–water partition coefficient (Wildman–Crippen LogP) is 1.23. The molecule has 3 aliphatic heterocycles. The second-order valence-corrected chi connectivity index (χ2v) is 8.79. The molecule has 1 atom stereocenters. The molecule has 31 heavy (non-hydrogen) atoms. The first-order chi connectivity index (χ1) is 15.1. The molecule has 3 aliphatic rings. The fourth-order valence-corrected chi connectivity index (χ4v) is 4.68. The number of aromatic nitrogens is 1. The van der Waals surface area contributed by atoms with E-state index >= 15 is 0 Å². The molecule has 0 N–H and O–H groups in total. The zero-order valence-electron chi connectivity index (χ0n) is 18.5. The summed E-state index contributed by atoms with van der Waals surface area (Å²) in [4.78, 5) is 36.2. The number of likely N-dealkylation sites (tertiary alicyclic amines) is 1. The lowest BCUT2D eigenvalue weighted by molar-refractivity contribution is -0.137. The standard InChI is InChI=1S/C23H34N4O4/c1-18(17-25-8-12-30-13-9-25)22(28)26-6-4-19(5-7-26)21-3-2-20(16-24-21)23(29)27-10-14-31-15-11-27/h2-3,16,18-19H,4-15,17H2,1H3. The van der Waals surface area contributed by atoms with Gasteiger partial charge in [-0.25, -0.2) is 0 Å². The van der Waals surface area contributed by atoms with Crippen LogP contribution in [-0.2, 0) is 14.3 Å². The molecule has 0 aromatic carbocycles. The summed E-state index contributed by atoms with van der Waals surface area (Å²) >= 11 is 0. The summed E-state index contributed by atoms with van der Waals surface area (Å²) in [5, 5.41) is 0. The average molecular weight is 431 g/mol. The van der Waals surface area contributed by atoms with Crippen LogP contribution >= 0.6 is 0 Å². The second-order valence-electron chi connectivity index (χ2n) is 8.79. The van der Waals surface area contributed by atoms with Gasteiger partial charge in [0, 0.05) is 69.5 Å². The van der Waals surface area contributed by atoms with Gasteiger partial charge in [0.1, 0.15) is 0 Å². The third kappa shape index (κ3) is 5.61. The third-order valence-corrected chi connectivity index (χ3v) is 6.61. The van der Waals surface area contributed by atoms with E-state index in [2.05, 4.69) is 9.88 Å². The van der Waals surface area contributed by atoms with Gasteiger partial charge >= 0.3 is 0 Å². The van der Waals surface area contributed by atoms with E-state index in [-0.39, 0.29) is 17.7 Å². The van der Waals surface area contributed by atoms with Gasteiger partial charge in [-0.1, -0.05) is 6.92 Å². The number of rotatable bonds is 5. The van der Waals surface area contributed by atoms with Gasteiger partial charge in [-0.2, -0.15) is 0 Å². The number of pyridine rings is 1. The number of piperidine rings is 1. The lowest BCUT2D eigenvalue weighted by Gasteiger charge is -2.35. The number of hydrogen-bond acceptors (Lipinski definition) is 6. The lowest BCUT2D eigenvalue weighted by atomic mass is 9.92. The van der Waals surface area contributed by atoms with Crippen LogP contribution in [0.25, 0.3) is 0 Å². The number of carbonyl (C=O) groups excluding carboxylic acids is 2.